The standard InChI is InChI=1S/C30H33N7O5S2/c1-6-42-25-13-11-24(12-14-25)31-30-32-28(36-34-20(2)22-7-15-26(16-8-22)43(4,38)39)19-29(33-30)37-35-21(3)23-9-17-27(18-10-23)44(5,40)41/h7-19H,6H2,1-5H3,(H3,31,32,33,36,37). The van der Waals surface area contributed by atoms with Gasteiger partial charge < -0.3 is 10.1 Å². The lowest BCUT2D eigenvalue weighted by molar-refractivity contribution is 0.340. The Balaban J connectivity index is 1.59. The maximum absolute atomic E-state index is 11.8. The number of aromatic nitrogens is 2. The summed E-state index contributed by atoms with van der Waals surface area (Å²) < 4.78 is 52.6. The van der Waals surface area contributed by atoms with Crippen LogP contribution < -0.4 is 20.9 Å². The van der Waals surface area contributed by atoms with Crippen molar-refractivity contribution >= 4 is 54.4 Å². The van der Waals surface area contributed by atoms with E-state index in [2.05, 4.69) is 36.3 Å². The molecular weight excluding hydrogens is 603 g/mol. The monoisotopic (exact) mass is 635 g/mol. The summed E-state index contributed by atoms with van der Waals surface area (Å²) in [5.74, 6) is 1.71. The molecule has 0 atom stereocenters. The minimum absolute atomic E-state index is 0.223. The lowest BCUT2D eigenvalue weighted by Gasteiger charge is -2.11. The highest BCUT2D eigenvalue weighted by Crippen LogP contribution is 2.22. The molecule has 14 heteroatoms. The van der Waals surface area contributed by atoms with Gasteiger partial charge >= 0.3 is 0 Å². The number of rotatable bonds is 12. The van der Waals surface area contributed by atoms with E-state index in [1.54, 1.807) is 44.2 Å². The average Bonchev–Trinajstić information content (AvgIpc) is 2.99. The second kappa shape index (κ2) is 13.7. The molecule has 12 nitrogen and oxygen atoms in total. The Kier molecular flexibility index (Phi) is 9.96. The molecule has 0 unspecified atom stereocenters. The van der Waals surface area contributed by atoms with Crippen molar-refractivity contribution in [2.45, 2.75) is 30.6 Å². The van der Waals surface area contributed by atoms with Gasteiger partial charge in [0.2, 0.25) is 5.95 Å². The van der Waals surface area contributed by atoms with E-state index in [1.807, 2.05) is 31.2 Å². The molecule has 3 aromatic carbocycles. The molecule has 0 bridgehead atoms. The zero-order valence-electron chi connectivity index (χ0n) is 24.9. The van der Waals surface area contributed by atoms with Crippen LogP contribution in [0.25, 0.3) is 0 Å². The summed E-state index contributed by atoms with van der Waals surface area (Å²) in [6, 6.07) is 21.8. The third-order valence-electron chi connectivity index (χ3n) is 6.22. The molecule has 0 aliphatic carbocycles. The Morgan fingerprint density at radius 3 is 1.52 bits per heavy atom. The SMILES string of the molecule is CCOc1ccc(Nc2nc(NN=C(C)c3ccc(S(C)(=O)=O)cc3)cc(NN=C(C)c3ccc(S(C)(=O)=O)cc3)n2)cc1. The van der Waals surface area contributed by atoms with E-state index < -0.39 is 19.7 Å². The Morgan fingerprint density at radius 1 is 0.705 bits per heavy atom. The summed E-state index contributed by atoms with van der Waals surface area (Å²) in [5, 5.41) is 12.0. The summed E-state index contributed by atoms with van der Waals surface area (Å²) >= 11 is 0. The van der Waals surface area contributed by atoms with Crippen LogP contribution in [0.15, 0.2) is 98.9 Å². The number of nitrogens with one attached hydrogen (secondary N) is 3. The first kappa shape index (κ1) is 32.1. The number of hydrogen-bond acceptors (Lipinski definition) is 12. The van der Waals surface area contributed by atoms with Crippen molar-refractivity contribution in [2.75, 3.05) is 35.3 Å². The van der Waals surface area contributed by atoms with Gasteiger partial charge in [0.05, 0.1) is 27.8 Å². The largest absolute Gasteiger partial charge is 0.494 e. The molecule has 0 aliphatic rings. The Hall–Kier alpha value is -4.82. The van der Waals surface area contributed by atoms with Crippen molar-refractivity contribution in [3.05, 3.63) is 90.0 Å². The quantitative estimate of drug-likeness (QED) is 0.141. The predicted octanol–water partition coefficient (Wildman–Crippen LogP) is 5.10. The third kappa shape index (κ3) is 8.84. The first-order valence-electron chi connectivity index (χ1n) is 13.4. The van der Waals surface area contributed by atoms with Crippen LogP contribution in [0.5, 0.6) is 5.75 Å². The van der Waals surface area contributed by atoms with Crippen molar-refractivity contribution in [1.29, 1.82) is 0 Å². The maximum Gasteiger partial charge on any atom is 0.231 e. The number of benzene rings is 3. The lowest BCUT2D eigenvalue weighted by Crippen LogP contribution is -2.07. The van der Waals surface area contributed by atoms with E-state index >= 15 is 0 Å². The summed E-state index contributed by atoms with van der Waals surface area (Å²) in [4.78, 5) is 9.49. The summed E-state index contributed by atoms with van der Waals surface area (Å²) in [6.07, 6.45) is 2.31. The van der Waals surface area contributed by atoms with Gasteiger partial charge in [-0.1, -0.05) is 24.3 Å². The van der Waals surface area contributed by atoms with E-state index in [0.717, 1.165) is 35.1 Å². The fourth-order valence-electron chi connectivity index (χ4n) is 3.85. The van der Waals surface area contributed by atoms with E-state index in [1.165, 1.54) is 24.3 Å². The molecule has 0 saturated heterocycles. The highest BCUT2D eigenvalue weighted by molar-refractivity contribution is 7.91. The van der Waals surface area contributed by atoms with Crippen molar-refractivity contribution in [1.82, 2.24) is 9.97 Å². The first-order valence-corrected chi connectivity index (χ1v) is 17.2. The van der Waals surface area contributed by atoms with Crippen LogP contribution in [-0.4, -0.2) is 57.3 Å². The number of hydrogen-bond donors (Lipinski definition) is 3. The second-order valence-corrected chi connectivity index (χ2v) is 13.8. The Morgan fingerprint density at radius 2 is 1.14 bits per heavy atom. The molecular formula is C30H33N7O5S2. The molecule has 230 valence electrons. The zero-order chi connectivity index (χ0) is 31.9. The zero-order valence-corrected chi connectivity index (χ0v) is 26.5. The Labute approximate surface area is 257 Å². The highest BCUT2D eigenvalue weighted by Gasteiger charge is 2.10. The van der Waals surface area contributed by atoms with Crippen LogP contribution in [-0.2, 0) is 19.7 Å². The van der Waals surface area contributed by atoms with Gasteiger partial charge in [0.1, 0.15) is 5.75 Å². The van der Waals surface area contributed by atoms with Crippen LogP contribution in [0.3, 0.4) is 0 Å². The predicted molar refractivity (Wildman–Crippen MR) is 174 cm³/mol. The van der Waals surface area contributed by atoms with Gasteiger partial charge in [-0.05, 0) is 80.4 Å². The minimum atomic E-state index is -3.31. The number of hydrazone groups is 2. The Bertz CT molecular complexity index is 1780. The minimum Gasteiger partial charge on any atom is -0.494 e. The molecule has 4 rings (SSSR count). The van der Waals surface area contributed by atoms with Crippen LogP contribution in [0.1, 0.15) is 31.9 Å². The third-order valence-corrected chi connectivity index (χ3v) is 8.48. The van der Waals surface area contributed by atoms with Gasteiger partial charge in [-0.3, -0.25) is 10.9 Å². The van der Waals surface area contributed by atoms with E-state index in [9.17, 15) is 16.8 Å². The molecule has 44 heavy (non-hydrogen) atoms. The fraction of sp³-hybridized carbons (Fsp3) is 0.200. The number of anilines is 4. The normalized spacial score (nSPS) is 12.5. The van der Waals surface area contributed by atoms with Crippen LogP contribution >= 0.6 is 0 Å². The topological polar surface area (TPSA) is 164 Å². The fourth-order valence-corrected chi connectivity index (χ4v) is 5.11. The maximum atomic E-state index is 11.8. The van der Waals surface area contributed by atoms with E-state index in [4.69, 9.17) is 4.74 Å². The van der Waals surface area contributed by atoms with Gasteiger partial charge in [-0.25, -0.2) is 16.8 Å². The summed E-state index contributed by atoms with van der Waals surface area (Å²) in [7, 11) is -6.61. The van der Waals surface area contributed by atoms with Gasteiger partial charge in [-0.2, -0.15) is 20.2 Å². The van der Waals surface area contributed by atoms with Gasteiger partial charge in [0.15, 0.2) is 31.3 Å². The van der Waals surface area contributed by atoms with Gasteiger partial charge in [0.25, 0.3) is 0 Å². The molecule has 0 aliphatic heterocycles. The molecule has 0 fully saturated rings. The number of sulfone groups is 2. The van der Waals surface area contributed by atoms with Crippen molar-refractivity contribution < 1.29 is 21.6 Å². The lowest BCUT2D eigenvalue weighted by atomic mass is 10.1. The van der Waals surface area contributed by atoms with Crippen molar-refractivity contribution in [3.63, 3.8) is 0 Å². The van der Waals surface area contributed by atoms with Crippen LogP contribution in [0, 0.1) is 0 Å². The van der Waals surface area contributed by atoms with Crippen LogP contribution in [0.2, 0.25) is 0 Å². The molecule has 1 aromatic heterocycles. The van der Waals surface area contributed by atoms with Crippen LogP contribution in [0.4, 0.5) is 23.3 Å². The molecule has 0 spiro atoms. The molecule has 1 heterocycles. The molecule has 0 saturated carbocycles. The van der Waals surface area contributed by atoms with Gasteiger partial charge in [0, 0.05) is 24.3 Å². The second-order valence-electron chi connectivity index (χ2n) is 9.76. The smallest absolute Gasteiger partial charge is 0.231 e. The molecule has 4 aromatic rings. The molecule has 0 amide bonds. The summed E-state index contributed by atoms with van der Waals surface area (Å²) in [5.41, 5.74) is 9.26. The molecule has 0 radical (unpaired) electrons. The number of nitrogens with zero attached hydrogens (tertiary/aromatic N) is 4. The highest BCUT2D eigenvalue weighted by atomic mass is 32.2. The van der Waals surface area contributed by atoms with E-state index in [-0.39, 0.29) is 15.7 Å². The number of ether oxygens (including phenoxy) is 1. The van der Waals surface area contributed by atoms with E-state index in [0.29, 0.717) is 29.7 Å². The van der Waals surface area contributed by atoms with Crippen molar-refractivity contribution in [3.8, 4) is 5.75 Å². The first-order chi connectivity index (χ1) is 20.8. The summed E-state index contributed by atoms with van der Waals surface area (Å²) in [6.45, 7) is 6.04. The average molecular weight is 636 g/mol. The van der Waals surface area contributed by atoms with Crippen molar-refractivity contribution in [2.24, 2.45) is 10.2 Å². The van der Waals surface area contributed by atoms with Gasteiger partial charge in [-0.15, -0.1) is 0 Å². The molecule has 3 N–H and O–H groups in total.